The summed E-state index contributed by atoms with van der Waals surface area (Å²) in [6, 6.07) is 15.4. The van der Waals surface area contributed by atoms with E-state index in [2.05, 4.69) is 39.5 Å². The smallest absolute Gasteiger partial charge is 0.228 e. The number of halogens is 2. The van der Waals surface area contributed by atoms with Crippen LogP contribution in [0.3, 0.4) is 0 Å². The van der Waals surface area contributed by atoms with E-state index in [1.54, 1.807) is 12.1 Å². The quantitative estimate of drug-likeness (QED) is 0.296. The van der Waals surface area contributed by atoms with Gasteiger partial charge in [-0.15, -0.1) is 24.0 Å². The molecule has 3 aromatic rings. The molecule has 2 aromatic carbocycles. The first-order valence-corrected chi connectivity index (χ1v) is 8.76. The number of hydrogen-bond acceptors (Lipinski definition) is 4. The second-order valence-corrected chi connectivity index (χ2v) is 6.15. The van der Waals surface area contributed by atoms with Crippen molar-refractivity contribution in [3.05, 3.63) is 65.0 Å². The Morgan fingerprint density at radius 3 is 2.81 bits per heavy atom. The summed E-state index contributed by atoms with van der Waals surface area (Å²) in [7, 11) is 0. The van der Waals surface area contributed by atoms with Gasteiger partial charge in [0.05, 0.1) is 6.54 Å². The molecule has 27 heavy (non-hydrogen) atoms. The maximum Gasteiger partial charge on any atom is 0.228 e. The first-order chi connectivity index (χ1) is 12.6. The van der Waals surface area contributed by atoms with Crippen LogP contribution in [0.15, 0.2) is 58.0 Å². The number of aryl methyl sites for hydroxylation is 1. The zero-order chi connectivity index (χ0) is 18.4. The van der Waals surface area contributed by atoms with E-state index in [1.807, 2.05) is 24.3 Å². The van der Waals surface area contributed by atoms with Gasteiger partial charge in [-0.3, -0.25) is 4.99 Å². The van der Waals surface area contributed by atoms with Gasteiger partial charge in [0.15, 0.2) is 5.96 Å². The first kappa shape index (κ1) is 21.2. The fourth-order valence-corrected chi connectivity index (χ4v) is 2.62. The number of aliphatic imine (C=N–C) groups is 1. The predicted molar refractivity (Wildman–Crippen MR) is 120 cm³/mol. The summed E-state index contributed by atoms with van der Waals surface area (Å²) in [4.78, 5) is 8.66. The lowest BCUT2D eigenvalue weighted by atomic mass is 10.1. The Morgan fingerprint density at radius 1 is 1.22 bits per heavy atom. The number of guanidine groups is 1. The average molecular weight is 498 g/mol. The van der Waals surface area contributed by atoms with E-state index in [9.17, 15) is 0 Å². The van der Waals surface area contributed by atoms with E-state index in [0.717, 1.165) is 17.7 Å². The zero-order valence-corrected chi connectivity index (χ0v) is 17.9. The van der Waals surface area contributed by atoms with Crippen molar-refractivity contribution in [1.82, 2.24) is 10.1 Å². The number of rotatable bonds is 6. The minimum absolute atomic E-state index is 0. The van der Waals surface area contributed by atoms with Gasteiger partial charge < -0.3 is 15.6 Å². The molecule has 1 aromatic heterocycles. The highest BCUT2D eigenvalue weighted by Gasteiger charge is 2.08. The molecule has 3 N–H and O–H groups in total. The maximum absolute atomic E-state index is 5.98. The average Bonchev–Trinajstić information content (AvgIpc) is 3.11. The van der Waals surface area contributed by atoms with Gasteiger partial charge in [-0.1, -0.05) is 47.9 Å². The lowest BCUT2D eigenvalue weighted by Crippen LogP contribution is -2.23. The number of hydrogen-bond donors (Lipinski definition) is 2. The highest BCUT2D eigenvalue weighted by Crippen LogP contribution is 2.20. The number of nitrogens with two attached hydrogens (primary N) is 1. The monoisotopic (exact) mass is 497 g/mol. The summed E-state index contributed by atoms with van der Waals surface area (Å²) < 4.78 is 5.25. The van der Waals surface area contributed by atoms with Crippen molar-refractivity contribution in [3.63, 3.8) is 0 Å². The Bertz CT molecular complexity index is 912. The maximum atomic E-state index is 5.98. The topological polar surface area (TPSA) is 89.3 Å². The number of nitrogens with zero attached hydrogens (tertiary/aromatic N) is 3. The predicted octanol–water partition coefficient (Wildman–Crippen LogP) is 4.54. The van der Waals surface area contributed by atoms with Gasteiger partial charge in [0.25, 0.3) is 0 Å². The molecule has 8 heteroatoms. The van der Waals surface area contributed by atoms with Crippen molar-refractivity contribution in [2.45, 2.75) is 19.8 Å². The van der Waals surface area contributed by atoms with Gasteiger partial charge in [-0.25, -0.2) is 0 Å². The molecule has 0 bridgehead atoms. The van der Waals surface area contributed by atoms with Crippen LogP contribution < -0.4 is 11.1 Å². The van der Waals surface area contributed by atoms with Crippen LogP contribution in [0.2, 0.25) is 5.02 Å². The van der Waals surface area contributed by atoms with E-state index >= 15 is 0 Å². The molecule has 3 rings (SSSR count). The molecule has 0 aliphatic rings. The normalized spacial score (nSPS) is 11.1. The summed E-state index contributed by atoms with van der Waals surface area (Å²) in [5.41, 5.74) is 8.91. The summed E-state index contributed by atoms with van der Waals surface area (Å²) in [6.07, 6.45) is 1.48. The Hall–Kier alpha value is -2.13. The van der Waals surface area contributed by atoms with Crippen LogP contribution in [0.25, 0.3) is 11.4 Å². The summed E-state index contributed by atoms with van der Waals surface area (Å²) in [6.45, 7) is 2.56. The van der Waals surface area contributed by atoms with Crippen molar-refractivity contribution in [3.8, 4) is 11.4 Å². The molecule has 1 heterocycles. The van der Waals surface area contributed by atoms with Gasteiger partial charge in [0.1, 0.15) is 0 Å². The van der Waals surface area contributed by atoms with Crippen LogP contribution in [0.4, 0.5) is 5.69 Å². The Balaban J connectivity index is 0.00000261. The Kier molecular flexibility index (Phi) is 8.05. The molecular weight excluding hydrogens is 477 g/mol. The summed E-state index contributed by atoms with van der Waals surface area (Å²) >= 11 is 5.98. The summed E-state index contributed by atoms with van der Waals surface area (Å²) in [5.74, 6) is 1.37. The molecule has 6 nitrogen and oxygen atoms in total. The number of benzene rings is 2. The lowest BCUT2D eigenvalue weighted by molar-refractivity contribution is 0.380. The summed E-state index contributed by atoms with van der Waals surface area (Å²) in [5, 5.41) is 7.69. The first-order valence-electron chi connectivity index (χ1n) is 8.38. The van der Waals surface area contributed by atoms with Crippen LogP contribution in [-0.4, -0.2) is 22.6 Å². The van der Waals surface area contributed by atoms with Crippen molar-refractivity contribution in [2.24, 2.45) is 10.7 Å². The van der Waals surface area contributed by atoms with Gasteiger partial charge in [0, 0.05) is 22.7 Å². The molecule has 0 spiro atoms. The Morgan fingerprint density at radius 2 is 2.04 bits per heavy atom. The molecule has 0 aliphatic heterocycles. The number of nitrogens with one attached hydrogen (secondary N) is 1. The Labute approximate surface area is 180 Å². The molecule has 0 atom stereocenters. The third kappa shape index (κ3) is 6.21. The van der Waals surface area contributed by atoms with Crippen LogP contribution >= 0.6 is 35.6 Å². The van der Waals surface area contributed by atoms with E-state index in [0.29, 0.717) is 35.7 Å². The SMILES string of the molecule is CCc1cccc(NC(N)=NCCc2nc(-c3cccc(Cl)c3)no2)c1.I. The van der Waals surface area contributed by atoms with E-state index in [4.69, 9.17) is 21.9 Å². The van der Waals surface area contributed by atoms with Gasteiger partial charge in [-0.2, -0.15) is 4.98 Å². The second kappa shape index (κ2) is 10.3. The third-order valence-electron chi connectivity index (χ3n) is 3.77. The van der Waals surface area contributed by atoms with Gasteiger partial charge in [0.2, 0.25) is 11.7 Å². The molecular formula is C19H21ClIN5O. The standard InChI is InChI=1S/C19H20ClN5O.HI/c1-2-13-5-3-8-16(11-13)23-19(21)22-10-9-17-24-18(25-26-17)14-6-4-7-15(20)12-14;/h3-8,11-12H,2,9-10H2,1H3,(H3,21,22,23);1H. The molecule has 0 amide bonds. The van der Waals surface area contributed by atoms with Crippen LogP contribution in [0.1, 0.15) is 18.4 Å². The fourth-order valence-electron chi connectivity index (χ4n) is 2.43. The number of aromatic nitrogens is 2. The highest BCUT2D eigenvalue weighted by molar-refractivity contribution is 14.0. The zero-order valence-electron chi connectivity index (χ0n) is 14.9. The molecule has 0 fully saturated rings. The molecule has 0 saturated carbocycles. The molecule has 0 unspecified atom stereocenters. The molecule has 0 aliphatic carbocycles. The van der Waals surface area contributed by atoms with Crippen molar-refractivity contribution >= 4 is 47.2 Å². The molecule has 0 saturated heterocycles. The van der Waals surface area contributed by atoms with Crippen molar-refractivity contribution in [2.75, 3.05) is 11.9 Å². The van der Waals surface area contributed by atoms with E-state index in [1.165, 1.54) is 5.56 Å². The highest BCUT2D eigenvalue weighted by atomic mass is 127. The largest absolute Gasteiger partial charge is 0.370 e. The fraction of sp³-hybridized carbons (Fsp3) is 0.211. The van der Waals surface area contributed by atoms with Crippen LogP contribution in [0, 0.1) is 0 Å². The van der Waals surface area contributed by atoms with Gasteiger partial charge >= 0.3 is 0 Å². The van der Waals surface area contributed by atoms with Gasteiger partial charge in [-0.05, 0) is 36.2 Å². The lowest BCUT2D eigenvalue weighted by Gasteiger charge is -2.06. The second-order valence-electron chi connectivity index (χ2n) is 5.72. The number of anilines is 1. The molecule has 0 radical (unpaired) electrons. The molecule has 142 valence electrons. The minimum atomic E-state index is 0. The van der Waals surface area contributed by atoms with Crippen LogP contribution in [-0.2, 0) is 12.8 Å². The van der Waals surface area contributed by atoms with Crippen LogP contribution in [0.5, 0.6) is 0 Å². The third-order valence-corrected chi connectivity index (χ3v) is 4.00. The minimum Gasteiger partial charge on any atom is -0.370 e. The van der Waals surface area contributed by atoms with E-state index < -0.39 is 0 Å². The van der Waals surface area contributed by atoms with E-state index in [-0.39, 0.29) is 24.0 Å². The van der Waals surface area contributed by atoms with Crippen molar-refractivity contribution < 1.29 is 4.52 Å². The van der Waals surface area contributed by atoms with Crippen molar-refractivity contribution in [1.29, 1.82) is 0 Å².